The van der Waals surface area contributed by atoms with Crippen LogP contribution in [0.5, 0.6) is 11.5 Å². The number of nitrogens with one attached hydrogen (secondary N) is 1. The zero-order valence-corrected chi connectivity index (χ0v) is 17.7. The van der Waals surface area contributed by atoms with E-state index in [0.29, 0.717) is 29.4 Å². The van der Waals surface area contributed by atoms with Crippen LogP contribution >= 0.6 is 11.8 Å². The van der Waals surface area contributed by atoms with E-state index in [9.17, 15) is 13.2 Å². The summed E-state index contributed by atoms with van der Waals surface area (Å²) in [6.07, 6.45) is 0. The number of sulfonamides is 1. The SMILES string of the molecule is COc1cc(NS(=O)(=O)c2ccc3c(c2)N(C(C)=O)C[C@@H](C)S3)cc(OC)c1. The predicted molar refractivity (Wildman–Crippen MR) is 110 cm³/mol. The number of rotatable bonds is 5. The van der Waals surface area contributed by atoms with Gasteiger partial charge in [-0.2, -0.15) is 0 Å². The molecule has 1 aliphatic heterocycles. The van der Waals surface area contributed by atoms with E-state index in [4.69, 9.17) is 9.47 Å². The summed E-state index contributed by atoms with van der Waals surface area (Å²) in [6, 6.07) is 9.61. The Morgan fingerprint density at radius 2 is 1.79 bits per heavy atom. The molecule has 1 N–H and O–H groups in total. The smallest absolute Gasteiger partial charge is 0.261 e. The van der Waals surface area contributed by atoms with Crippen LogP contribution < -0.4 is 19.1 Å². The summed E-state index contributed by atoms with van der Waals surface area (Å²) in [4.78, 5) is 14.6. The molecule has 1 heterocycles. The van der Waals surface area contributed by atoms with Gasteiger partial charge in [0, 0.05) is 41.8 Å². The molecule has 1 atom stereocenters. The Kier molecular flexibility index (Phi) is 5.76. The molecule has 0 aromatic heterocycles. The average Bonchev–Trinajstić information content (AvgIpc) is 2.65. The molecule has 1 amide bonds. The van der Waals surface area contributed by atoms with E-state index >= 15 is 0 Å². The number of benzene rings is 2. The van der Waals surface area contributed by atoms with Crippen molar-refractivity contribution in [3.8, 4) is 11.5 Å². The highest BCUT2D eigenvalue weighted by atomic mass is 32.2. The maximum absolute atomic E-state index is 12.9. The lowest BCUT2D eigenvalue weighted by molar-refractivity contribution is -0.116. The van der Waals surface area contributed by atoms with Crippen molar-refractivity contribution in [2.75, 3.05) is 30.4 Å². The third-order valence-corrected chi connectivity index (χ3v) is 6.81. The fourth-order valence-electron chi connectivity index (χ4n) is 2.96. The van der Waals surface area contributed by atoms with Gasteiger partial charge in [-0.05, 0) is 18.2 Å². The van der Waals surface area contributed by atoms with E-state index in [1.54, 1.807) is 47.0 Å². The van der Waals surface area contributed by atoms with Crippen LogP contribution in [-0.4, -0.2) is 40.3 Å². The number of hydrogen-bond acceptors (Lipinski definition) is 6. The number of amides is 1. The zero-order valence-electron chi connectivity index (χ0n) is 16.1. The molecule has 0 bridgehead atoms. The van der Waals surface area contributed by atoms with Gasteiger partial charge in [-0.15, -0.1) is 11.8 Å². The number of nitrogens with zero attached hydrogens (tertiary/aromatic N) is 1. The molecule has 0 unspecified atom stereocenters. The van der Waals surface area contributed by atoms with Crippen molar-refractivity contribution < 1.29 is 22.7 Å². The second-order valence-electron chi connectivity index (χ2n) is 6.39. The fourth-order valence-corrected chi connectivity index (χ4v) is 5.12. The molecule has 0 radical (unpaired) electrons. The van der Waals surface area contributed by atoms with Crippen LogP contribution in [0.25, 0.3) is 0 Å². The van der Waals surface area contributed by atoms with Crippen molar-refractivity contribution in [1.82, 2.24) is 0 Å². The lowest BCUT2D eigenvalue weighted by Crippen LogP contribution is -2.37. The van der Waals surface area contributed by atoms with Crippen molar-refractivity contribution in [3.05, 3.63) is 36.4 Å². The van der Waals surface area contributed by atoms with Crippen molar-refractivity contribution >= 4 is 39.1 Å². The van der Waals surface area contributed by atoms with Crippen LogP contribution in [0.1, 0.15) is 13.8 Å². The largest absolute Gasteiger partial charge is 0.497 e. The number of ether oxygens (including phenoxy) is 2. The third-order valence-electron chi connectivity index (χ3n) is 4.28. The number of anilines is 2. The molecule has 28 heavy (non-hydrogen) atoms. The van der Waals surface area contributed by atoms with E-state index in [0.717, 1.165) is 4.90 Å². The Balaban J connectivity index is 1.97. The predicted octanol–water partition coefficient (Wildman–Crippen LogP) is 3.35. The maximum atomic E-state index is 12.9. The van der Waals surface area contributed by atoms with Crippen molar-refractivity contribution in [3.63, 3.8) is 0 Å². The molecule has 9 heteroatoms. The van der Waals surface area contributed by atoms with Gasteiger partial charge in [0.15, 0.2) is 0 Å². The Morgan fingerprint density at radius 3 is 2.36 bits per heavy atom. The molecular weight excluding hydrogens is 400 g/mol. The Morgan fingerprint density at radius 1 is 1.14 bits per heavy atom. The molecule has 2 aromatic rings. The minimum atomic E-state index is -3.87. The second kappa shape index (κ2) is 7.92. The first kappa shape index (κ1) is 20.3. The first-order valence-electron chi connectivity index (χ1n) is 8.58. The standard InChI is InChI=1S/C19H22N2O5S2/c1-12-11-21(13(2)22)18-10-17(5-6-19(18)27-12)28(23,24)20-14-7-15(25-3)9-16(8-14)26-4/h5-10,12,20H,11H2,1-4H3/t12-/m1/s1. The molecule has 3 rings (SSSR count). The van der Waals surface area contributed by atoms with Gasteiger partial charge >= 0.3 is 0 Å². The van der Waals surface area contributed by atoms with Gasteiger partial charge in [0.1, 0.15) is 11.5 Å². The van der Waals surface area contributed by atoms with E-state index < -0.39 is 10.0 Å². The van der Waals surface area contributed by atoms with Gasteiger partial charge < -0.3 is 14.4 Å². The van der Waals surface area contributed by atoms with Gasteiger partial charge in [0.25, 0.3) is 10.0 Å². The zero-order chi connectivity index (χ0) is 20.5. The van der Waals surface area contributed by atoms with Crippen LogP contribution in [0.15, 0.2) is 46.2 Å². The normalized spacial score (nSPS) is 16.3. The fraction of sp³-hybridized carbons (Fsp3) is 0.316. The summed E-state index contributed by atoms with van der Waals surface area (Å²) in [5, 5.41) is 0.237. The van der Waals surface area contributed by atoms with Crippen LogP contribution in [0.3, 0.4) is 0 Å². The van der Waals surface area contributed by atoms with Gasteiger partial charge in [-0.3, -0.25) is 9.52 Å². The maximum Gasteiger partial charge on any atom is 0.261 e. The summed E-state index contributed by atoms with van der Waals surface area (Å²) in [7, 11) is -0.885. The minimum Gasteiger partial charge on any atom is -0.497 e. The topological polar surface area (TPSA) is 84.9 Å². The second-order valence-corrected chi connectivity index (χ2v) is 9.56. The van der Waals surface area contributed by atoms with E-state index in [1.807, 2.05) is 6.92 Å². The molecule has 1 aliphatic rings. The lowest BCUT2D eigenvalue weighted by atomic mass is 10.2. The summed E-state index contributed by atoms with van der Waals surface area (Å²) in [5.74, 6) is 0.819. The van der Waals surface area contributed by atoms with Crippen LogP contribution in [0, 0.1) is 0 Å². The summed E-state index contributed by atoms with van der Waals surface area (Å²) >= 11 is 1.62. The molecule has 150 valence electrons. The Labute approximate surface area is 169 Å². The third kappa shape index (κ3) is 4.20. The van der Waals surface area contributed by atoms with E-state index in [1.165, 1.54) is 27.2 Å². The number of thioether (sulfide) groups is 1. The molecule has 2 aromatic carbocycles. The number of carbonyl (C=O) groups is 1. The quantitative estimate of drug-likeness (QED) is 0.795. The molecular formula is C19H22N2O5S2. The highest BCUT2D eigenvalue weighted by molar-refractivity contribution is 8.00. The first-order chi connectivity index (χ1) is 13.2. The monoisotopic (exact) mass is 422 g/mol. The first-order valence-corrected chi connectivity index (χ1v) is 10.9. The van der Waals surface area contributed by atoms with Crippen LogP contribution in [0.2, 0.25) is 0 Å². The molecule has 0 fully saturated rings. The molecule has 7 nitrogen and oxygen atoms in total. The van der Waals surface area contributed by atoms with Crippen LogP contribution in [0.4, 0.5) is 11.4 Å². The molecule has 0 aliphatic carbocycles. The molecule has 0 saturated heterocycles. The Hall–Kier alpha value is -2.39. The molecule has 0 saturated carbocycles. The van der Waals surface area contributed by atoms with Crippen molar-refractivity contribution in [1.29, 1.82) is 0 Å². The summed E-state index contributed by atoms with van der Waals surface area (Å²) < 4.78 is 38.8. The van der Waals surface area contributed by atoms with Gasteiger partial charge in [0.2, 0.25) is 5.91 Å². The number of methoxy groups -OCH3 is 2. The van der Waals surface area contributed by atoms with E-state index in [2.05, 4.69) is 4.72 Å². The van der Waals surface area contributed by atoms with Gasteiger partial charge in [-0.25, -0.2) is 8.42 Å². The minimum absolute atomic E-state index is 0.0782. The van der Waals surface area contributed by atoms with Crippen LogP contribution in [-0.2, 0) is 14.8 Å². The number of fused-ring (bicyclic) bond motifs is 1. The lowest BCUT2D eigenvalue weighted by Gasteiger charge is -2.32. The average molecular weight is 423 g/mol. The number of carbonyl (C=O) groups excluding carboxylic acids is 1. The van der Waals surface area contributed by atoms with Crippen molar-refractivity contribution in [2.45, 2.75) is 28.9 Å². The number of hydrogen-bond donors (Lipinski definition) is 1. The van der Waals surface area contributed by atoms with Gasteiger partial charge in [0.05, 0.1) is 30.5 Å². The molecule has 0 spiro atoms. The van der Waals surface area contributed by atoms with E-state index in [-0.39, 0.29) is 16.1 Å². The summed E-state index contributed by atoms with van der Waals surface area (Å²) in [6.45, 7) is 4.05. The Bertz CT molecular complexity index is 985. The van der Waals surface area contributed by atoms with Crippen molar-refractivity contribution in [2.24, 2.45) is 0 Å². The van der Waals surface area contributed by atoms with Gasteiger partial charge in [-0.1, -0.05) is 6.92 Å². The highest BCUT2D eigenvalue weighted by Gasteiger charge is 2.27. The summed E-state index contributed by atoms with van der Waals surface area (Å²) in [5.41, 5.74) is 0.932. The highest BCUT2D eigenvalue weighted by Crippen LogP contribution is 2.40.